The predicted molar refractivity (Wildman–Crippen MR) is 104 cm³/mol. The van der Waals surface area contributed by atoms with E-state index in [4.69, 9.17) is 11.6 Å². The molecule has 1 heterocycles. The normalized spacial score (nSPS) is 19.3. The first-order valence-corrected chi connectivity index (χ1v) is 9.49. The van der Waals surface area contributed by atoms with Gasteiger partial charge in [-0.15, -0.1) is 18.3 Å². The molecule has 1 fully saturated rings. The first-order valence-electron chi connectivity index (χ1n) is 8.06. The Labute approximate surface area is 161 Å². The maximum absolute atomic E-state index is 12.0. The fourth-order valence-corrected chi connectivity index (χ4v) is 3.36. The van der Waals surface area contributed by atoms with Gasteiger partial charge < -0.3 is 16.0 Å². The van der Waals surface area contributed by atoms with Crippen molar-refractivity contribution >= 4 is 46.8 Å². The summed E-state index contributed by atoms with van der Waals surface area (Å²) in [6.07, 6.45) is 2.00. The van der Waals surface area contributed by atoms with Gasteiger partial charge >= 0.3 is 0 Å². The Morgan fingerprint density at radius 3 is 2.73 bits per heavy atom. The first-order chi connectivity index (χ1) is 12.5. The molecule has 2 atom stereocenters. The zero-order chi connectivity index (χ0) is 18.9. The summed E-state index contributed by atoms with van der Waals surface area (Å²) in [7, 11) is 0. The van der Waals surface area contributed by atoms with E-state index >= 15 is 0 Å². The molecule has 1 aliphatic heterocycles. The van der Waals surface area contributed by atoms with Gasteiger partial charge in [0.1, 0.15) is 5.50 Å². The van der Waals surface area contributed by atoms with Crippen LogP contribution in [0.1, 0.15) is 12.8 Å². The molecule has 9 heteroatoms. The van der Waals surface area contributed by atoms with Gasteiger partial charge in [-0.1, -0.05) is 17.7 Å². The number of benzene rings is 1. The van der Waals surface area contributed by atoms with Gasteiger partial charge in [0.05, 0.1) is 5.75 Å². The van der Waals surface area contributed by atoms with Gasteiger partial charge in [-0.05, 0) is 24.3 Å². The van der Waals surface area contributed by atoms with Gasteiger partial charge in [0.2, 0.25) is 17.7 Å². The van der Waals surface area contributed by atoms with E-state index in [-0.39, 0.29) is 42.4 Å². The smallest absolute Gasteiger partial charge is 0.234 e. The molecule has 0 spiro atoms. The number of carbonyl (C=O) groups excluding carboxylic acids is 3. The second-order valence-electron chi connectivity index (χ2n) is 5.68. The quantitative estimate of drug-likeness (QED) is 0.499. The molecular weight excluding hydrogens is 376 g/mol. The van der Waals surface area contributed by atoms with E-state index in [1.807, 2.05) is 0 Å². The minimum atomic E-state index is -0.426. The molecule has 26 heavy (non-hydrogen) atoms. The largest absolute Gasteiger partial charge is 0.353 e. The fourth-order valence-electron chi connectivity index (χ4n) is 2.34. The molecule has 3 amide bonds. The number of hydrogen-bond acceptors (Lipinski definition) is 5. The molecule has 0 radical (unpaired) electrons. The maximum Gasteiger partial charge on any atom is 0.234 e. The lowest BCUT2D eigenvalue weighted by molar-refractivity contribution is -0.125. The minimum absolute atomic E-state index is 0.149. The number of anilines is 1. The third kappa shape index (κ3) is 7.07. The molecule has 0 aliphatic carbocycles. The second kappa shape index (κ2) is 10.2. The van der Waals surface area contributed by atoms with Gasteiger partial charge in [-0.3, -0.25) is 19.7 Å². The number of amides is 3. The van der Waals surface area contributed by atoms with Crippen LogP contribution in [0.25, 0.3) is 0 Å². The van der Waals surface area contributed by atoms with Crippen LogP contribution >= 0.6 is 23.4 Å². The highest BCUT2D eigenvalue weighted by Gasteiger charge is 2.27. The molecule has 1 saturated heterocycles. The molecule has 4 N–H and O–H groups in total. The summed E-state index contributed by atoms with van der Waals surface area (Å²) in [4.78, 5) is 35.6. The van der Waals surface area contributed by atoms with E-state index in [1.54, 1.807) is 30.3 Å². The highest BCUT2D eigenvalue weighted by atomic mass is 35.5. The minimum Gasteiger partial charge on any atom is -0.353 e. The lowest BCUT2D eigenvalue weighted by atomic mass is 10.1. The Hall–Kier alpha value is -2.03. The molecule has 1 aliphatic rings. The van der Waals surface area contributed by atoms with Gasteiger partial charge in [-0.2, -0.15) is 0 Å². The average Bonchev–Trinajstić information content (AvgIpc) is 2.60. The van der Waals surface area contributed by atoms with E-state index in [2.05, 4.69) is 27.8 Å². The molecule has 140 valence electrons. The lowest BCUT2D eigenvalue weighted by Crippen LogP contribution is -2.56. The Balaban J connectivity index is 1.77. The zero-order valence-electron chi connectivity index (χ0n) is 14.1. The number of thioether (sulfide) groups is 1. The second-order valence-corrected chi connectivity index (χ2v) is 7.21. The van der Waals surface area contributed by atoms with Crippen LogP contribution in [0.3, 0.4) is 0 Å². The Morgan fingerprint density at radius 2 is 2.04 bits per heavy atom. The summed E-state index contributed by atoms with van der Waals surface area (Å²) in [6.45, 7) is 3.93. The van der Waals surface area contributed by atoms with Crippen LogP contribution in [0.5, 0.6) is 0 Å². The van der Waals surface area contributed by atoms with Crippen molar-refractivity contribution in [3.63, 3.8) is 0 Å². The van der Waals surface area contributed by atoms with E-state index in [1.165, 1.54) is 11.8 Å². The maximum atomic E-state index is 12.0. The van der Waals surface area contributed by atoms with Crippen LogP contribution in [0.2, 0.25) is 5.02 Å². The summed E-state index contributed by atoms with van der Waals surface area (Å²) in [5.74, 6) is -0.350. The molecule has 1 aromatic rings. The summed E-state index contributed by atoms with van der Waals surface area (Å²) in [6, 6.07) is 6.53. The van der Waals surface area contributed by atoms with Gasteiger partial charge in [0, 0.05) is 36.1 Å². The molecule has 0 saturated carbocycles. The third-order valence-electron chi connectivity index (χ3n) is 3.50. The molecular formula is C17H21ClN4O3S. The number of halogens is 1. The van der Waals surface area contributed by atoms with E-state index in [0.29, 0.717) is 17.3 Å². The van der Waals surface area contributed by atoms with Crippen molar-refractivity contribution in [1.29, 1.82) is 0 Å². The number of nitrogens with one attached hydrogen (secondary N) is 4. The van der Waals surface area contributed by atoms with Crippen LogP contribution < -0.4 is 21.3 Å². The SMILES string of the molecule is C=CCNC(=O)CC1CC(=O)NC(SCC(=O)Nc2ccc(Cl)cc2)N1. The summed E-state index contributed by atoms with van der Waals surface area (Å²) >= 11 is 7.05. The number of hydrogen-bond donors (Lipinski definition) is 4. The van der Waals surface area contributed by atoms with Gasteiger partial charge in [0.15, 0.2) is 0 Å². The van der Waals surface area contributed by atoms with Crippen LogP contribution in [0, 0.1) is 0 Å². The van der Waals surface area contributed by atoms with E-state index in [0.717, 1.165) is 0 Å². The standard InChI is InChI=1S/C17H21ClN4O3S/c1-2-7-19-14(23)8-13-9-15(24)22-17(21-13)26-10-16(25)20-12-5-3-11(18)4-6-12/h2-6,13,17,21H,1,7-10H2,(H,19,23)(H,20,25)(H,22,24). The van der Waals surface area contributed by atoms with Crippen molar-refractivity contribution in [2.45, 2.75) is 24.4 Å². The fraction of sp³-hybridized carbons (Fsp3) is 0.353. The summed E-state index contributed by atoms with van der Waals surface area (Å²) in [5, 5.41) is 11.9. The zero-order valence-corrected chi connectivity index (χ0v) is 15.7. The molecule has 2 rings (SSSR count). The molecule has 0 bridgehead atoms. The predicted octanol–water partition coefficient (Wildman–Crippen LogP) is 1.47. The Morgan fingerprint density at radius 1 is 1.31 bits per heavy atom. The molecule has 2 unspecified atom stereocenters. The number of carbonyl (C=O) groups is 3. The van der Waals surface area contributed by atoms with E-state index < -0.39 is 5.50 Å². The monoisotopic (exact) mass is 396 g/mol. The van der Waals surface area contributed by atoms with Crippen LogP contribution in [0.15, 0.2) is 36.9 Å². The highest BCUT2D eigenvalue weighted by molar-refractivity contribution is 8.00. The van der Waals surface area contributed by atoms with Crippen molar-refractivity contribution in [3.05, 3.63) is 41.9 Å². The molecule has 7 nitrogen and oxygen atoms in total. The average molecular weight is 397 g/mol. The Bertz CT molecular complexity index is 668. The molecule has 1 aromatic carbocycles. The first kappa shape index (κ1) is 20.3. The summed E-state index contributed by atoms with van der Waals surface area (Å²) < 4.78 is 0. The third-order valence-corrected chi connectivity index (χ3v) is 4.76. The van der Waals surface area contributed by atoms with Crippen LogP contribution in [-0.2, 0) is 14.4 Å². The molecule has 0 aromatic heterocycles. The lowest BCUT2D eigenvalue weighted by Gasteiger charge is -2.30. The van der Waals surface area contributed by atoms with Crippen LogP contribution in [-0.4, -0.2) is 41.6 Å². The summed E-state index contributed by atoms with van der Waals surface area (Å²) in [5.41, 5.74) is 0.224. The van der Waals surface area contributed by atoms with Crippen molar-refractivity contribution in [1.82, 2.24) is 16.0 Å². The van der Waals surface area contributed by atoms with Crippen LogP contribution in [0.4, 0.5) is 5.69 Å². The van der Waals surface area contributed by atoms with Gasteiger partial charge in [-0.25, -0.2) is 0 Å². The topological polar surface area (TPSA) is 99.3 Å². The Kier molecular flexibility index (Phi) is 7.96. The van der Waals surface area contributed by atoms with Crippen molar-refractivity contribution in [2.75, 3.05) is 17.6 Å². The van der Waals surface area contributed by atoms with Crippen molar-refractivity contribution in [2.24, 2.45) is 0 Å². The van der Waals surface area contributed by atoms with Crippen molar-refractivity contribution in [3.8, 4) is 0 Å². The highest BCUT2D eigenvalue weighted by Crippen LogP contribution is 2.16. The van der Waals surface area contributed by atoms with Crippen molar-refractivity contribution < 1.29 is 14.4 Å². The number of rotatable bonds is 8. The van der Waals surface area contributed by atoms with E-state index in [9.17, 15) is 14.4 Å². The van der Waals surface area contributed by atoms with Gasteiger partial charge in [0.25, 0.3) is 0 Å².